The SMILES string of the molecule is COc1ccc(C)cc1C(CN)n1ccc(C)n1. The van der Waals surface area contributed by atoms with E-state index >= 15 is 0 Å². The van der Waals surface area contributed by atoms with Crippen molar-refractivity contribution in [1.29, 1.82) is 0 Å². The highest BCUT2D eigenvalue weighted by molar-refractivity contribution is 5.39. The minimum absolute atomic E-state index is 0.00792. The number of nitrogens with zero attached hydrogens (tertiary/aromatic N) is 2. The average Bonchev–Trinajstić information content (AvgIpc) is 2.77. The number of aromatic nitrogens is 2. The number of rotatable bonds is 4. The molecule has 1 unspecified atom stereocenters. The molecule has 0 amide bonds. The molecule has 1 aromatic heterocycles. The van der Waals surface area contributed by atoms with Gasteiger partial charge in [0, 0.05) is 18.3 Å². The molecular formula is C14H19N3O. The summed E-state index contributed by atoms with van der Waals surface area (Å²) in [5.41, 5.74) is 9.15. The fourth-order valence-corrected chi connectivity index (χ4v) is 2.10. The summed E-state index contributed by atoms with van der Waals surface area (Å²) in [7, 11) is 1.68. The van der Waals surface area contributed by atoms with Crippen molar-refractivity contribution in [2.75, 3.05) is 13.7 Å². The van der Waals surface area contributed by atoms with Gasteiger partial charge in [0.25, 0.3) is 0 Å². The highest BCUT2D eigenvalue weighted by Crippen LogP contribution is 2.28. The zero-order valence-corrected chi connectivity index (χ0v) is 11.1. The van der Waals surface area contributed by atoms with Crippen LogP contribution in [-0.2, 0) is 0 Å². The van der Waals surface area contributed by atoms with E-state index in [1.54, 1.807) is 7.11 Å². The first kappa shape index (κ1) is 12.6. The van der Waals surface area contributed by atoms with Crippen LogP contribution in [-0.4, -0.2) is 23.4 Å². The molecule has 0 aliphatic rings. The van der Waals surface area contributed by atoms with Gasteiger partial charge in [0.15, 0.2) is 0 Å². The van der Waals surface area contributed by atoms with Gasteiger partial charge in [-0.05, 0) is 26.0 Å². The van der Waals surface area contributed by atoms with Gasteiger partial charge >= 0.3 is 0 Å². The van der Waals surface area contributed by atoms with Crippen molar-refractivity contribution in [2.24, 2.45) is 5.73 Å². The third-order valence-electron chi connectivity index (χ3n) is 3.03. The molecule has 0 bridgehead atoms. The molecule has 0 saturated carbocycles. The lowest BCUT2D eigenvalue weighted by Gasteiger charge is -2.19. The number of methoxy groups -OCH3 is 1. The average molecular weight is 245 g/mol. The van der Waals surface area contributed by atoms with E-state index in [1.807, 2.05) is 36.0 Å². The molecule has 4 nitrogen and oxygen atoms in total. The summed E-state index contributed by atoms with van der Waals surface area (Å²) in [6.45, 7) is 4.52. The van der Waals surface area contributed by atoms with Crippen molar-refractivity contribution in [3.63, 3.8) is 0 Å². The molecule has 0 spiro atoms. The molecule has 2 aromatic rings. The maximum atomic E-state index is 5.90. The van der Waals surface area contributed by atoms with Crippen LogP contribution in [0.3, 0.4) is 0 Å². The quantitative estimate of drug-likeness (QED) is 0.897. The van der Waals surface area contributed by atoms with Gasteiger partial charge < -0.3 is 10.5 Å². The molecular weight excluding hydrogens is 226 g/mol. The highest BCUT2D eigenvalue weighted by atomic mass is 16.5. The number of hydrogen-bond acceptors (Lipinski definition) is 3. The molecule has 2 rings (SSSR count). The first-order chi connectivity index (χ1) is 8.65. The van der Waals surface area contributed by atoms with E-state index < -0.39 is 0 Å². The van der Waals surface area contributed by atoms with E-state index in [4.69, 9.17) is 10.5 Å². The van der Waals surface area contributed by atoms with E-state index in [0.29, 0.717) is 6.54 Å². The summed E-state index contributed by atoms with van der Waals surface area (Å²) in [5.74, 6) is 0.851. The van der Waals surface area contributed by atoms with Gasteiger partial charge in [0.2, 0.25) is 0 Å². The molecule has 0 aliphatic carbocycles. The monoisotopic (exact) mass is 245 g/mol. The first-order valence-electron chi connectivity index (χ1n) is 6.02. The Hall–Kier alpha value is -1.81. The Kier molecular flexibility index (Phi) is 3.67. The van der Waals surface area contributed by atoms with Crippen molar-refractivity contribution in [2.45, 2.75) is 19.9 Å². The second kappa shape index (κ2) is 5.23. The van der Waals surface area contributed by atoms with Gasteiger partial charge in [0.05, 0.1) is 18.8 Å². The summed E-state index contributed by atoms with van der Waals surface area (Å²) >= 11 is 0. The number of aryl methyl sites for hydroxylation is 2. The molecule has 0 aliphatic heterocycles. The Morgan fingerprint density at radius 1 is 1.33 bits per heavy atom. The fraction of sp³-hybridized carbons (Fsp3) is 0.357. The Labute approximate surface area is 107 Å². The lowest BCUT2D eigenvalue weighted by Crippen LogP contribution is -2.21. The third kappa shape index (κ3) is 2.38. The molecule has 1 aromatic carbocycles. The standard InChI is InChI=1S/C14H19N3O/c1-10-4-5-14(18-3)12(8-10)13(9-15)17-7-6-11(2)16-17/h4-8,13H,9,15H2,1-3H3. The Balaban J connectivity index is 2.47. The maximum absolute atomic E-state index is 5.90. The van der Waals surface area contributed by atoms with E-state index in [0.717, 1.165) is 17.0 Å². The highest BCUT2D eigenvalue weighted by Gasteiger charge is 2.17. The second-order valence-electron chi connectivity index (χ2n) is 4.43. The minimum Gasteiger partial charge on any atom is -0.496 e. The predicted octanol–water partition coefficient (Wildman–Crippen LogP) is 2.06. The molecule has 18 heavy (non-hydrogen) atoms. The zero-order chi connectivity index (χ0) is 13.1. The largest absolute Gasteiger partial charge is 0.496 e. The van der Waals surface area contributed by atoms with Crippen molar-refractivity contribution in [3.8, 4) is 5.75 Å². The van der Waals surface area contributed by atoms with Crippen LogP contribution in [0, 0.1) is 13.8 Å². The lowest BCUT2D eigenvalue weighted by atomic mass is 10.0. The molecule has 4 heteroatoms. The minimum atomic E-state index is 0.00792. The summed E-state index contributed by atoms with van der Waals surface area (Å²) < 4.78 is 7.31. The zero-order valence-electron chi connectivity index (χ0n) is 11.1. The fourth-order valence-electron chi connectivity index (χ4n) is 2.10. The Bertz CT molecular complexity index is 534. The number of hydrogen-bond donors (Lipinski definition) is 1. The first-order valence-corrected chi connectivity index (χ1v) is 6.02. The second-order valence-corrected chi connectivity index (χ2v) is 4.43. The number of nitrogens with two attached hydrogens (primary N) is 1. The Morgan fingerprint density at radius 2 is 2.11 bits per heavy atom. The van der Waals surface area contributed by atoms with E-state index in [9.17, 15) is 0 Å². The molecule has 0 fully saturated rings. The number of ether oxygens (including phenoxy) is 1. The van der Waals surface area contributed by atoms with Crippen molar-refractivity contribution >= 4 is 0 Å². The number of benzene rings is 1. The molecule has 96 valence electrons. The van der Waals surface area contributed by atoms with E-state index in [1.165, 1.54) is 5.56 Å². The van der Waals surface area contributed by atoms with Crippen LogP contribution in [0.25, 0.3) is 0 Å². The van der Waals surface area contributed by atoms with Gasteiger partial charge in [-0.15, -0.1) is 0 Å². The smallest absolute Gasteiger partial charge is 0.124 e. The van der Waals surface area contributed by atoms with Crippen molar-refractivity contribution in [1.82, 2.24) is 9.78 Å². The van der Waals surface area contributed by atoms with Crippen LogP contribution in [0.1, 0.15) is 22.9 Å². The lowest BCUT2D eigenvalue weighted by molar-refractivity contribution is 0.397. The predicted molar refractivity (Wildman–Crippen MR) is 71.9 cm³/mol. The van der Waals surface area contributed by atoms with Crippen molar-refractivity contribution in [3.05, 3.63) is 47.3 Å². The normalized spacial score (nSPS) is 12.4. The van der Waals surface area contributed by atoms with Crippen LogP contribution in [0.5, 0.6) is 5.75 Å². The molecule has 0 saturated heterocycles. The summed E-state index contributed by atoms with van der Waals surface area (Å²) in [6.07, 6.45) is 1.95. The van der Waals surface area contributed by atoms with Crippen LogP contribution in [0.2, 0.25) is 0 Å². The summed E-state index contributed by atoms with van der Waals surface area (Å²) in [6, 6.07) is 8.10. The Morgan fingerprint density at radius 3 is 2.67 bits per heavy atom. The molecule has 1 atom stereocenters. The van der Waals surface area contributed by atoms with E-state index in [2.05, 4.69) is 18.1 Å². The molecule has 2 N–H and O–H groups in total. The van der Waals surface area contributed by atoms with Crippen molar-refractivity contribution < 1.29 is 4.74 Å². The topological polar surface area (TPSA) is 53.1 Å². The van der Waals surface area contributed by atoms with Gasteiger partial charge in [-0.3, -0.25) is 4.68 Å². The summed E-state index contributed by atoms with van der Waals surface area (Å²) in [4.78, 5) is 0. The van der Waals surface area contributed by atoms with Gasteiger partial charge in [-0.1, -0.05) is 17.7 Å². The maximum Gasteiger partial charge on any atom is 0.124 e. The third-order valence-corrected chi connectivity index (χ3v) is 3.03. The van der Waals surface area contributed by atoms with Crippen LogP contribution in [0.4, 0.5) is 0 Å². The van der Waals surface area contributed by atoms with Crippen LogP contribution >= 0.6 is 0 Å². The molecule has 1 heterocycles. The molecule has 0 radical (unpaired) electrons. The van der Waals surface area contributed by atoms with Gasteiger partial charge in [-0.25, -0.2) is 0 Å². The van der Waals surface area contributed by atoms with Crippen LogP contribution in [0.15, 0.2) is 30.5 Å². The summed E-state index contributed by atoms with van der Waals surface area (Å²) in [5, 5.41) is 4.44. The van der Waals surface area contributed by atoms with Crippen LogP contribution < -0.4 is 10.5 Å². The van der Waals surface area contributed by atoms with Gasteiger partial charge in [0.1, 0.15) is 5.75 Å². The van der Waals surface area contributed by atoms with E-state index in [-0.39, 0.29) is 6.04 Å². The van der Waals surface area contributed by atoms with Gasteiger partial charge in [-0.2, -0.15) is 5.10 Å².